The fourth-order valence-corrected chi connectivity index (χ4v) is 2.67. The van der Waals surface area contributed by atoms with Gasteiger partial charge in [0, 0.05) is 11.1 Å². The normalized spacial score (nSPS) is 16.1. The lowest BCUT2D eigenvalue weighted by atomic mass is 10.0. The van der Waals surface area contributed by atoms with E-state index in [4.69, 9.17) is 0 Å². The Morgan fingerprint density at radius 1 is 0.920 bits per heavy atom. The van der Waals surface area contributed by atoms with Crippen molar-refractivity contribution in [1.29, 1.82) is 5.26 Å². The zero-order valence-corrected chi connectivity index (χ0v) is 12.7. The van der Waals surface area contributed by atoms with Crippen molar-refractivity contribution >= 4 is 16.9 Å². The summed E-state index contributed by atoms with van der Waals surface area (Å²) in [6, 6.07) is 15.5. The number of alkyl halides is 3. The van der Waals surface area contributed by atoms with Crippen molar-refractivity contribution in [2.24, 2.45) is 5.16 Å². The van der Waals surface area contributed by atoms with Gasteiger partial charge in [0.1, 0.15) is 11.8 Å². The summed E-state index contributed by atoms with van der Waals surface area (Å²) in [6.45, 7) is 0. The van der Waals surface area contributed by atoms with Crippen molar-refractivity contribution in [2.45, 2.75) is 6.18 Å². The highest BCUT2D eigenvalue weighted by Crippen LogP contribution is 2.37. The average molecular weight is 340 g/mol. The molecule has 0 unspecified atom stereocenters. The predicted octanol–water partition coefficient (Wildman–Crippen LogP) is 4.91. The summed E-state index contributed by atoms with van der Waals surface area (Å²) >= 11 is 0. The number of hydrogen-bond donors (Lipinski definition) is 1. The van der Waals surface area contributed by atoms with Gasteiger partial charge in [0.05, 0.1) is 11.1 Å². The minimum Gasteiger partial charge on any atom is -0.410 e. The van der Waals surface area contributed by atoms with E-state index in [0.29, 0.717) is 16.7 Å². The molecule has 0 saturated carbocycles. The Bertz CT molecular complexity index is 931. The molecular weight excluding hydrogens is 329 g/mol. The van der Waals surface area contributed by atoms with Gasteiger partial charge in [-0.3, -0.25) is 0 Å². The number of halogens is 3. The van der Waals surface area contributed by atoms with Crippen molar-refractivity contribution in [1.82, 2.24) is 0 Å². The fourth-order valence-electron chi connectivity index (χ4n) is 2.67. The highest BCUT2D eigenvalue weighted by molar-refractivity contribution is 6.40. The summed E-state index contributed by atoms with van der Waals surface area (Å²) in [5.74, 6) is 0. The van der Waals surface area contributed by atoms with Gasteiger partial charge in [-0.15, -0.1) is 0 Å². The molecule has 0 saturated heterocycles. The largest absolute Gasteiger partial charge is 0.416 e. The van der Waals surface area contributed by atoms with Crippen molar-refractivity contribution in [3.63, 3.8) is 0 Å². The summed E-state index contributed by atoms with van der Waals surface area (Å²) in [5.41, 5.74) is 1.58. The van der Waals surface area contributed by atoms with Gasteiger partial charge < -0.3 is 5.21 Å². The maximum atomic E-state index is 12.7. The molecule has 0 bridgehead atoms. The van der Waals surface area contributed by atoms with Gasteiger partial charge >= 0.3 is 6.18 Å². The minimum atomic E-state index is -4.43. The Balaban J connectivity index is 2.10. The fraction of sp³-hybridized carbons (Fsp3) is 0.0526. The quantitative estimate of drug-likeness (QED) is 0.624. The number of nitrogens with zero attached hydrogens (tertiary/aromatic N) is 2. The summed E-state index contributed by atoms with van der Waals surface area (Å²) < 4.78 is 38.1. The Labute approximate surface area is 141 Å². The van der Waals surface area contributed by atoms with E-state index in [-0.39, 0.29) is 11.3 Å². The third-order valence-electron chi connectivity index (χ3n) is 3.87. The summed E-state index contributed by atoms with van der Waals surface area (Å²) in [7, 11) is 0. The molecule has 124 valence electrons. The molecule has 1 aliphatic carbocycles. The molecule has 0 atom stereocenters. The van der Waals surface area contributed by atoms with E-state index >= 15 is 0 Å². The monoisotopic (exact) mass is 340 g/mol. The summed E-state index contributed by atoms with van der Waals surface area (Å²) in [5, 5.41) is 22.0. The van der Waals surface area contributed by atoms with Crippen LogP contribution in [0, 0.1) is 11.3 Å². The second kappa shape index (κ2) is 6.29. The second-order valence-electron chi connectivity index (χ2n) is 5.35. The van der Waals surface area contributed by atoms with Gasteiger partial charge in [0.25, 0.3) is 0 Å². The molecule has 0 amide bonds. The van der Waals surface area contributed by atoms with Crippen LogP contribution in [0.5, 0.6) is 0 Å². The van der Waals surface area contributed by atoms with Crippen LogP contribution in [-0.2, 0) is 6.18 Å². The standard InChI is InChI=1S/C19H11F3N2O/c20-19(21,22)14-8-6-13(7-9-14)15-10-16(12-4-2-1-3-5-12)18(24-25)17(15)11-23/h1-10,25H. The Hall–Kier alpha value is -3.33. The first-order valence-corrected chi connectivity index (χ1v) is 7.27. The number of nitriles is 1. The van der Waals surface area contributed by atoms with E-state index in [2.05, 4.69) is 5.16 Å². The van der Waals surface area contributed by atoms with Crippen LogP contribution in [0.2, 0.25) is 0 Å². The topological polar surface area (TPSA) is 56.4 Å². The van der Waals surface area contributed by atoms with Crippen LogP contribution < -0.4 is 0 Å². The maximum Gasteiger partial charge on any atom is 0.416 e. The minimum absolute atomic E-state index is 0.101. The average Bonchev–Trinajstić information content (AvgIpc) is 3.00. The molecule has 3 rings (SSSR count). The molecule has 3 nitrogen and oxygen atoms in total. The van der Waals surface area contributed by atoms with Crippen LogP contribution >= 0.6 is 0 Å². The number of hydrogen-bond acceptors (Lipinski definition) is 3. The molecule has 0 aliphatic heterocycles. The molecule has 0 aromatic heterocycles. The lowest BCUT2D eigenvalue weighted by Gasteiger charge is -2.07. The van der Waals surface area contributed by atoms with E-state index < -0.39 is 11.7 Å². The van der Waals surface area contributed by atoms with Crippen LogP contribution in [0.3, 0.4) is 0 Å². The van der Waals surface area contributed by atoms with Gasteiger partial charge in [-0.2, -0.15) is 18.4 Å². The highest BCUT2D eigenvalue weighted by atomic mass is 19.4. The Morgan fingerprint density at radius 3 is 2.08 bits per heavy atom. The first-order valence-electron chi connectivity index (χ1n) is 7.27. The maximum absolute atomic E-state index is 12.7. The molecule has 2 aromatic rings. The number of allylic oxidation sites excluding steroid dienone is 4. The molecule has 0 heterocycles. The SMILES string of the molecule is N#CC1=C(c2ccc(C(F)(F)F)cc2)C=C(c2ccccc2)C1=NO. The first-order chi connectivity index (χ1) is 12.0. The number of oxime groups is 1. The zero-order valence-electron chi connectivity index (χ0n) is 12.7. The van der Waals surface area contributed by atoms with Crippen molar-refractivity contribution in [3.8, 4) is 6.07 Å². The van der Waals surface area contributed by atoms with Gasteiger partial charge in [-0.05, 0) is 29.3 Å². The van der Waals surface area contributed by atoms with Crippen LogP contribution in [-0.4, -0.2) is 10.9 Å². The third kappa shape index (κ3) is 3.04. The van der Waals surface area contributed by atoms with Crippen LogP contribution in [0.15, 0.2) is 71.4 Å². The number of benzene rings is 2. The molecule has 25 heavy (non-hydrogen) atoms. The molecule has 1 aliphatic rings. The zero-order chi connectivity index (χ0) is 18.0. The van der Waals surface area contributed by atoms with Crippen LogP contribution in [0.4, 0.5) is 13.2 Å². The predicted molar refractivity (Wildman–Crippen MR) is 87.6 cm³/mol. The molecular formula is C19H11F3N2O. The van der Waals surface area contributed by atoms with Gasteiger partial charge in [-0.25, -0.2) is 0 Å². The number of rotatable bonds is 2. The van der Waals surface area contributed by atoms with E-state index in [9.17, 15) is 23.6 Å². The van der Waals surface area contributed by atoms with E-state index in [1.807, 2.05) is 12.1 Å². The van der Waals surface area contributed by atoms with Crippen molar-refractivity contribution in [2.75, 3.05) is 0 Å². The van der Waals surface area contributed by atoms with E-state index in [0.717, 1.165) is 17.7 Å². The van der Waals surface area contributed by atoms with Crippen molar-refractivity contribution in [3.05, 3.63) is 82.9 Å². The first kappa shape index (κ1) is 16.5. The van der Waals surface area contributed by atoms with Gasteiger partial charge in [-0.1, -0.05) is 47.6 Å². The van der Waals surface area contributed by atoms with Gasteiger partial charge in [0.2, 0.25) is 0 Å². The molecule has 0 radical (unpaired) electrons. The van der Waals surface area contributed by atoms with E-state index in [1.54, 1.807) is 30.3 Å². The third-order valence-corrected chi connectivity index (χ3v) is 3.87. The Kier molecular flexibility index (Phi) is 4.15. The lowest BCUT2D eigenvalue weighted by Crippen LogP contribution is -2.04. The van der Waals surface area contributed by atoms with Crippen molar-refractivity contribution < 1.29 is 18.4 Å². The van der Waals surface area contributed by atoms with E-state index in [1.165, 1.54) is 12.1 Å². The van der Waals surface area contributed by atoms with Crippen LogP contribution in [0.25, 0.3) is 11.1 Å². The highest BCUT2D eigenvalue weighted by Gasteiger charge is 2.31. The molecule has 2 aromatic carbocycles. The smallest absolute Gasteiger partial charge is 0.410 e. The van der Waals surface area contributed by atoms with Gasteiger partial charge in [0.15, 0.2) is 0 Å². The second-order valence-corrected chi connectivity index (χ2v) is 5.35. The van der Waals surface area contributed by atoms with Crippen LogP contribution in [0.1, 0.15) is 16.7 Å². The molecule has 0 spiro atoms. The lowest BCUT2D eigenvalue weighted by molar-refractivity contribution is -0.137. The Morgan fingerprint density at radius 2 is 1.56 bits per heavy atom. The molecule has 6 heteroatoms. The summed E-state index contributed by atoms with van der Waals surface area (Å²) in [6.07, 6.45) is -2.78. The molecule has 0 fully saturated rings. The molecule has 1 N–H and O–H groups in total. The summed E-state index contributed by atoms with van der Waals surface area (Å²) in [4.78, 5) is 0.